The number of anilines is 1. The summed E-state index contributed by atoms with van der Waals surface area (Å²) < 4.78 is 0. The zero-order chi connectivity index (χ0) is 13.4. The monoisotopic (exact) mass is 273 g/mol. The molecule has 0 aromatic heterocycles. The van der Waals surface area contributed by atoms with Crippen molar-refractivity contribution in [2.45, 2.75) is 18.8 Å². The van der Waals surface area contributed by atoms with E-state index in [0.717, 1.165) is 30.0 Å². The predicted molar refractivity (Wildman–Crippen MR) is 80.7 cm³/mol. The quantitative estimate of drug-likeness (QED) is 0.643. The van der Waals surface area contributed by atoms with E-state index in [9.17, 15) is 0 Å². The van der Waals surface area contributed by atoms with Crippen molar-refractivity contribution >= 4 is 29.2 Å². The molecule has 0 amide bonds. The third-order valence-corrected chi connectivity index (χ3v) is 4.35. The van der Waals surface area contributed by atoms with Crippen LogP contribution in [-0.4, -0.2) is 18.5 Å². The maximum atomic E-state index is 7.28. The van der Waals surface area contributed by atoms with Crippen LogP contribution in [0.15, 0.2) is 29.3 Å². The highest BCUT2D eigenvalue weighted by atomic mass is 35.5. The highest BCUT2D eigenvalue weighted by Crippen LogP contribution is 2.46. The van der Waals surface area contributed by atoms with Gasteiger partial charge in [0.15, 0.2) is 0 Å². The van der Waals surface area contributed by atoms with Gasteiger partial charge in [-0.05, 0) is 42.5 Å². The minimum atomic E-state index is 0.469. The molecule has 19 heavy (non-hydrogen) atoms. The molecule has 1 heterocycles. The van der Waals surface area contributed by atoms with Crippen LogP contribution >= 0.6 is 11.6 Å². The Bertz CT molecular complexity index is 583. The van der Waals surface area contributed by atoms with Gasteiger partial charge in [-0.3, -0.25) is 4.99 Å². The van der Waals surface area contributed by atoms with Crippen LogP contribution in [-0.2, 0) is 0 Å². The van der Waals surface area contributed by atoms with E-state index in [0.29, 0.717) is 23.1 Å². The van der Waals surface area contributed by atoms with Gasteiger partial charge in [0, 0.05) is 34.1 Å². The summed E-state index contributed by atoms with van der Waals surface area (Å²) >= 11 is 6.29. The van der Waals surface area contributed by atoms with E-state index in [4.69, 9.17) is 22.7 Å². The van der Waals surface area contributed by atoms with Gasteiger partial charge < -0.3 is 11.1 Å². The van der Waals surface area contributed by atoms with Crippen LogP contribution in [0.1, 0.15) is 29.9 Å². The zero-order valence-corrected chi connectivity index (χ0v) is 11.3. The number of aliphatic imine (C=N–C) groups is 1. The Morgan fingerprint density at radius 2 is 2.11 bits per heavy atom. The first kappa shape index (κ1) is 12.4. The second-order valence-corrected chi connectivity index (χ2v) is 5.59. The lowest BCUT2D eigenvalue weighted by Gasteiger charge is -2.36. The summed E-state index contributed by atoms with van der Waals surface area (Å²) in [5.41, 5.74) is 9.60. The fourth-order valence-electron chi connectivity index (χ4n) is 2.82. The Morgan fingerprint density at radius 1 is 1.32 bits per heavy atom. The molecule has 0 unspecified atom stereocenters. The lowest BCUT2D eigenvalue weighted by atomic mass is 9.69. The zero-order valence-electron chi connectivity index (χ0n) is 10.6. The van der Waals surface area contributed by atoms with Crippen LogP contribution in [0.4, 0.5) is 5.69 Å². The molecule has 1 saturated carbocycles. The van der Waals surface area contributed by atoms with Crippen LogP contribution in [0.5, 0.6) is 0 Å². The molecule has 0 bridgehead atoms. The molecule has 1 aliphatic carbocycles. The Kier molecular flexibility index (Phi) is 3.15. The number of hydrogen-bond donors (Lipinski definition) is 2. The number of nitrogens with two attached hydrogens (primary N) is 1. The molecule has 1 aromatic rings. The van der Waals surface area contributed by atoms with E-state index in [1.54, 1.807) is 6.07 Å². The number of rotatable bonds is 3. The number of allylic oxidation sites excluding steroid dienone is 1. The van der Waals surface area contributed by atoms with Crippen LogP contribution in [0.25, 0.3) is 0 Å². The molecule has 0 saturated heterocycles. The largest absolute Gasteiger partial charge is 0.398 e. The first-order chi connectivity index (χ1) is 9.19. The lowest BCUT2D eigenvalue weighted by molar-refractivity contribution is 0.346. The fraction of sp³-hybridized carbons (Fsp3) is 0.333. The van der Waals surface area contributed by atoms with E-state index >= 15 is 0 Å². The fourth-order valence-corrected chi connectivity index (χ4v) is 3.15. The molecule has 3 nitrogen and oxygen atoms in total. The molecule has 3 rings (SSSR count). The van der Waals surface area contributed by atoms with E-state index in [1.807, 2.05) is 6.07 Å². The van der Waals surface area contributed by atoms with E-state index in [1.165, 1.54) is 11.9 Å². The number of benzene rings is 1. The van der Waals surface area contributed by atoms with Crippen molar-refractivity contribution in [1.82, 2.24) is 0 Å². The van der Waals surface area contributed by atoms with Gasteiger partial charge in [-0.15, -0.1) is 0 Å². The Labute approximate surface area is 117 Å². The smallest absolute Gasteiger partial charge is 0.0577 e. The van der Waals surface area contributed by atoms with Crippen molar-refractivity contribution < 1.29 is 0 Å². The molecule has 2 aliphatic rings. The third-order valence-electron chi connectivity index (χ3n) is 4.02. The molecule has 4 heteroatoms. The molecule has 98 valence electrons. The molecule has 1 fully saturated rings. The average Bonchev–Trinajstić information content (AvgIpc) is 2.85. The predicted octanol–water partition coefficient (Wildman–Crippen LogP) is 3.42. The molecule has 1 aliphatic heterocycles. The van der Waals surface area contributed by atoms with Crippen LogP contribution in [0.2, 0.25) is 5.02 Å². The first-order valence-corrected chi connectivity index (χ1v) is 6.87. The summed E-state index contributed by atoms with van der Waals surface area (Å²) in [6.45, 7) is 0.832. The van der Waals surface area contributed by atoms with Gasteiger partial charge in [0.2, 0.25) is 0 Å². The van der Waals surface area contributed by atoms with E-state index in [2.05, 4.69) is 17.1 Å². The highest BCUT2D eigenvalue weighted by Gasteiger charge is 2.34. The van der Waals surface area contributed by atoms with Crippen molar-refractivity contribution in [2.75, 3.05) is 12.3 Å². The number of nitrogen functional groups attached to an aromatic ring is 1. The van der Waals surface area contributed by atoms with Crippen LogP contribution in [0.3, 0.4) is 0 Å². The average molecular weight is 274 g/mol. The first-order valence-electron chi connectivity index (χ1n) is 6.49. The molecule has 3 N–H and O–H groups in total. The Morgan fingerprint density at radius 3 is 2.74 bits per heavy atom. The van der Waals surface area contributed by atoms with Gasteiger partial charge in [0.05, 0.1) is 6.54 Å². The van der Waals surface area contributed by atoms with Crippen molar-refractivity contribution in [3.63, 3.8) is 0 Å². The Balaban J connectivity index is 1.76. The normalized spacial score (nSPS) is 25.0. The molecular formula is C15H16ClN3. The highest BCUT2D eigenvalue weighted by molar-refractivity contribution is 6.32. The topological polar surface area (TPSA) is 62.2 Å². The van der Waals surface area contributed by atoms with Crippen molar-refractivity contribution in [2.24, 2.45) is 10.9 Å². The summed E-state index contributed by atoms with van der Waals surface area (Å²) in [6, 6.07) is 3.72. The maximum Gasteiger partial charge on any atom is 0.0577 e. The standard InChI is InChI=1S/C15H16ClN3/c16-13-6-11(8-17)14(18)7-12(13)9-4-10(5-9)15-2-1-3-19-15/h1-2,6-10,17H,3-5,18H2. The van der Waals surface area contributed by atoms with Gasteiger partial charge in [0.1, 0.15) is 0 Å². The van der Waals surface area contributed by atoms with Gasteiger partial charge in [-0.25, -0.2) is 0 Å². The maximum absolute atomic E-state index is 7.28. The number of hydrogen-bond acceptors (Lipinski definition) is 3. The molecule has 0 atom stereocenters. The minimum absolute atomic E-state index is 0.469. The summed E-state index contributed by atoms with van der Waals surface area (Å²) in [5, 5.41) is 8.00. The summed E-state index contributed by atoms with van der Waals surface area (Å²) in [5.74, 6) is 1.04. The van der Waals surface area contributed by atoms with Gasteiger partial charge in [-0.1, -0.05) is 17.7 Å². The van der Waals surface area contributed by atoms with Crippen molar-refractivity contribution in [1.29, 1.82) is 5.41 Å². The molecule has 0 radical (unpaired) electrons. The van der Waals surface area contributed by atoms with Crippen molar-refractivity contribution in [3.05, 3.63) is 40.4 Å². The number of nitrogens with one attached hydrogen (secondary N) is 1. The second-order valence-electron chi connectivity index (χ2n) is 5.18. The van der Waals surface area contributed by atoms with Gasteiger partial charge in [-0.2, -0.15) is 0 Å². The summed E-state index contributed by atoms with van der Waals surface area (Å²) in [6.07, 6.45) is 7.66. The molecular weight excluding hydrogens is 258 g/mol. The number of nitrogens with zero attached hydrogens (tertiary/aromatic N) is 1. The van der Waals surface area contributed by atoms with Gasteiger partial charge >= 0.3 is 0 Å². The summed E-state index contributed by atoms with van der Waals surface area (Å²) in [4.78, 5) is 4.47. The minimum Gasteiger partial charge on any atom is -0.398 e. The van der Waals surface area contributed by atoms with Gasteiger partial charge in [0.25, 0.3) is 0 Å². The van der Waals surface area contributed by atoms with E-state index < -0.39 is 0 Å². The Hall–Kier alpha value is -1.61. The van der Waals surface area contributed by atoms with Crippen molar-refractivity contribution in [3.8, 4) is 0 Å². The van der Waals surface area contributed by atoms with Crippen LogP contribution < -0.4 is 5.73 Å². The summed E-state index contributed by atoms with van der Waals surface area (Å²) in [7, 11) is 0. The second kappa shape index (κ2) is 4.82. The van der Waals surface area contributed by atoms with E-state index in [-0.39, 0.29) is 0 Å². The number of halogens is 1. The lowest BCUT2D eigenvalue weighted by Crippen LogP contribution is -2.28. The van der Waals surface area contributed by atoms with Crippen LogP contribution in [0, 0.1) is 11.3 Å². The molecule has 1 aromatic carbocycles. The third kappa shape index (κ3) is 2.19. The SMILES string of the molecule is N=Cc1cc(Cl)c(C2CC(C3=NCC=C3)C2)cc1N. The molecule has 0 spiro atoms.